The number of hydrogen-bond acceptors (Lipinski definition) is 5. The van der Waals surface area contributed by atoms with E-state index < -0.39 is 5.54 Å². The molecule has 1 unspecified atom stereocenters. The fourth-order valence-corrected chi connectivity index (χ4v) is 1.90. The highest BCUT2D eigenvalue weighted by Crippen LogP contribution is 2.15. The van der Waals surface area contributed by atoms with E-state index in [0.29, 0.717) is 17.8 Å². The van der Waals surface area contributed by atoms with Crippen LogP contribution >= 0.6 is 0 Å². The molecule has 0 aliphatic carbocycles. The van der Waals surface area contributed by atoms with Crippen LogP contribution in [0.2, 0.25) is 0 Å². The summed E-state index contributed by atoms with van der Waals surface area (Å²) in [5, 5.41) is 16.0. The molecule has 0 aromatic carbocycles. The molecule has 0 aliphatic rings. The lowest BCUT2D eigenvalue weighted by Gasteiger charge is -2.28. The van der Waals surface area contributed by atoms with E-state index in [1.807, 2.05) is 13.8 Å². The monoisotopic (exact) mass is 289 g/mol. The Morgan fingerprint density at radius 3 is 2.81 bits per heavy atom. The summed E-state index contributed by atoms with van der Waals surface area (Å²) in [4.78, 5) is 20.3. The number of hydrogen-bond donors (Lipinski definition) is 2. The van der Waals surface area contributed by atoms with Gasteiger partial charge in [-0.05, 0) is 31.9 Å². The molecular formula is C14H19N5O2. The third-order valence-electron chi connectivity index (χ3n) is 3.52. The van der Waals surface area contributed by atoms with Crippen LogP contribution < -0.4 is 5.32 Å². The van der Waals surface area contributed by atoms with Crippen LogP contribution in [-0.2, 0) is 0 Å². The van der Waals surface area contributed by atoms with Gasteiger partial charge in [-0.25, -0.2) is 14.6 Å². The van der Waals surface area contributed by atoms with Gasteiger partial charge in [0.05, 0.1) is 5.56 Å². The molecule has 0 saturated heterocycles. The number of amides is 1. The number of aromatic nitrogens is 4. The van der Waals surface area contributed by atoms with Gasteiger partial charge in [0.1, 0.15) is 12.7 Å². The van der Waals surface area contributed by atoms with Crippen molar-refractivity contribution in [2.75, 3.05) is 6.61 Å². The largest absolute Gasteiger partial charge is 0.396 e. The predicted molar refractivity (Wildman–Crippen MR) is 77.0 cm³/mol. The molecule has 0 bridgehead atoms. The van der Waals surface area contributed by atoms with Crippen molar-refractivity contribution in [1.29, 1.82) is 0 Å². The molecule has 2 aromatic heterocycles. The smallest absolute Gasteiger partial charge is 0.253 e. The molecule has 0 fully saturated rings. The maximum absolute atomic E-state index is 12.2. The van der Waals surface area contributed by atoms with Crippen molar-refractivity contribution in [3.8, 4) is 5.82 Å². The topological polar surface area (TPSA) is 92.9 Å². The van der Waals surface area contributed by atoms with Crippen LogP contribution in [-0.4, -0.2) is 42.9 Å². The second kappa shape index (κ2) is 6.45. The summed E-state index contributed by atoms with van der Waals surface area (Å²) in [7, 11) is 0. The molecule has 2 N–H and O–H groups in total. The van der Waals surface area contributed by atoms with Crippen LogP contribution in [0.3, 0.4) is 0 Å². The summed E-state index contributed by atoms with van der Waals surface area (Å²) in [5.74, 6) is 0.392. The highest BCUT2D eigenvalue weighted by atomic mass is 16.3. The van der Waals surface area contributed by atoms with Crippen LogP contribution in [0.1, 0.15) is 37.0 Å². The Kier molecular flexibility index (Phi) is 4.64. The number of nitrogens with zero attached hydrogens (tertiary/aromatic N) is 4. The van der Waals surface area contributed by atoms with Crippen LogP contribution in [0.15, 0.2) is 31.0 Å². The van der Waals surface area contributed by atoms with Gasteiger partial charge in [-0.15, -0.1) is 0 Å². The minimum atomic E-state index is -0.420. The maximum atomic E-state index is 12.2. The first-order chi connectivity index (χ1) is 10.1. The summed E-state index contributed by atoms with van der Waals surface area (Å²) in [6, 6.07) is 3.40. The number of pyridine rings is 1. The van der Waals surface area contributed by atoms with Gasteiger partial charge in [0.2, 0.25) is 0 Å². The highest BCUT2D eigenvalue weighted by Gasteiger charge is 2.24. The summed E-state index contributed by atoms with van der Waals surface area (Å²) in [6.07, 6.45) is 5.71. The first-order valence-electron chi connectivity index (χ1n) is 6.82. The number of aliphatic hydroxyl groups is 1. The van der Waals surface area contributed by atoms with Crippen LogP contribution in [0.25, 0.3) is 5.82 Å². The lowest BCUT2D eigenvalue weighted by Crippen LogP contribution is -2.46. The normalized spacial score (nSPS) is 13.7. The zero-order valence-electron chi connectivity index (χ0n) is 12.2. The third-order valence-corrected chi connectivity index (χ3v) is 3.52. The number of carbonyl (C=O) groups is 1. The summed E-state index contributed by atoms with van der Waals surface area (Å²) >= 11 is 0. The Labute approximate surface area is 123 Å². The molecule has 0 spiro atoms. The Bertz CT molecular complexity index is 582. The minimum Gasteiger partial charge on any atom is -0.396 e. The molecule has 21 heavy (non-hydrogen) atoms. The standard InChI is InChI=1S/C14H19N5O2/c1-3-14(2,6-7-20)18-13(21)11-4-5-12(16-8-11)19-10-15-9-17-19/h4-5,8-10,20H,3,6-7H2,1-2H3,(H,18,21). The first-order valence-corrected chi connectivity index (χ1v) is 6.82. The van der Waals surface area contributed by atoms with E-state index in [2.05, 4.69) is 20.4 Å². The van der Waals surface area contributed by atoms with Gasteiger partial charge in [0.25, 0.3) is 5.91 Å². The van der Waals surface area contributed by atoms with Gasteiger partial charge in [-0.1, -0.05) is 6.92 Å². The van der Waals surface area contributed by atoms with Crippen molar-refractivity contribution in [2.45, 2.75) is 32.2 Å². The van der Waals surface area contributed by atoms with Crippen molar-refractivity contribution >= 4 is 5.91 Å². The molecule has 7 nitrogen and oxygen atoms in total. The Morgan fingerprint density at radius 1 is 1.48 bits per heavy atom. The summed E-state index contributed by atoms with van der Waals surface area (Å²) < 4.78 is 1.52. The second-order valence-corrected chi connectivity index (χ2v) is 5.09. The molecule has 1 atom stereocenters. The molecule has 112 valence electrons. The van der Waals surface area contributed by atoms with Crippen LogP contribution in [0.5, 0.6) is 0 Å². The summed E-state index contributed by atoms with van der Waals surface area (Å²) in [5.41, 5.74) is 0.0487. The van der Waals surface area contributed by atoms with E-state index in [9.17, 15) is 4.79 Å². The zero-order valence-corrected chi connectivity index (χ0v) is 12.2. The third kappa shape index (κ3) is 3.63. The van der Waals surface area contributed by atoms with Crippen molar-refractivity contribution in [3.05, 3.63) is 36.5 Å². The van der Waals surface area contributed by atoms with E-state index >= 15 is 0 Å². The molecule has 7 heteroatoms. The average molecular weight is 289 g/mol. The lowest BCUT2D eigenvalue weighted by atomic mass is 9.94. The van der Waals surface area contributed by atoms with Gasteiger partial charge in [0, 0.05) is 18.3 Å². The highest BCUT2D eigenvalue weighted by molar-refractivity contribution is 5.94. The van der Waals surface area contributed by atoms with Gasteiger partial charge in [0.15, 0.2) is 5.82 Å². The van der Waals surface area contributed by atoms with Crippen molar-refractivity contribution in [3.63, 3.8) is 0 Å². The van der Waals surface area contributed by atoms with Gasteiger partial charge in [-0.3, -0.25) is 4.79 Å². The van der Waals surface area contributed by atoms with Gasteiger partial charge < -0.3 is 10.4 Å². The number of carbonyl (C=O) groups excluding carboxylic acids is 1. The van der Waals surface area contributed by atoms with E-state index in [1.54, 1.807) is 12.1 Å². The van der Waals surface area contributed by atoms with Crippen LogP contribution in [0.4, 0.5) is 0 Å². The Balaban J connectivity index is 2.10. The summed E-state index contributed by atoms with van der Waals surface area (Å²) in [6.45, 7) is 3.93. The van der Waals surface area contributed by atoms with E-state index in [-0.39, 0.29) is 12.5 Å². The first kappa shape index (κ1) is 15.1. The lowest BCUT2D eigenvalue weighted by molar-refractivity contribution is 0.0886. The maximum Gasteiger partial charge on any atom is 0.253 e. The second-order valence-electron chi connectivity index (χ2n) is 5.09. The van der Waals surface area contributed by atoms with Crippen LogP contribution in [0, 0.1) is 0 Å². The minimum absolute atomic E-state index is 0.0358. The van der Waals surface area contributed by atoms with Crippen molar-refractivity contribution in [1.82, 2.24) is 25.1 Å². The van der Waals surface area contributed by atoms with E-state index in [0.717, 1.165) is 6.42 Å². The molecule has 0 radical (unpaired) electrons. The average Bonchev–Trinajstić information content (AvgIpc) is 3.02. The zero-order chi connectivity index (χ0) is 15.3. The van der Waals surface area contributed by atoms with E-state index in [4.69, 9.17) is 5.11 Å². The number of rotatable bonds is 6. The van der Waals surface area contributed by atoms with Gasteiger partial charge in [-0.2, -0.15) is 5.10 Å². The predicted octanol–water partition coefficient (Wildman–Crippen LogP) is 0.943. The fourth-order valence-electron chi connectivity index (χ4n) is 1.90. The van der Waals surface area contributed by atoms with Gasteiger partial charge >= 0.3 is 0 Å². The SMILES string of the molecule is CCC(C)(CCO)NC(=O)c1ccc(-n2cncn2)nc1. The fraction of sp³-hybridized carbons (Fsp3) is 0.429. The van der Waals surface area contributed by atoms with Crippen molar-refractivity contribution < 1.29 is 9.90 Å². The Hall–Kier alpha value is -2.28. The molecule has 2 rings (SSSR count). The number of nitrogens with one attached hydrogen (secondary N) is 1. The molecule has 2 heterocycles. The van der Waals surface area contributed by atoms with E-state index in [1.165, 1.54) is 23.5 Å². The molecule has 0 aliphatic heterocycles. The molecule has 0 saturated carbocycles. The van der Waals surface area contributed by atoms with Crippen molar-refractivity contribution in [2.24, 2.45) is 0 Å². The quantitative estimate of drug-likeness (QED) is 0.825. The number of aliphatic hydroxyl groups excluding tert-OH is 1. The molecule has 1 amide bonds. The molecular weight excluding hydrogens is 270 g/mol. The Morgan fingerprint density at radius 2 is 2.29 bits per heavy atom. The molecule has 2 aromatic rings.